The van der Waals surface area contributed by atoms with Crippen molar-refractivity contribution in [3.63, 3.8) is 0 Å². The minimum atomic E-state index is -0.363. The highest BCUT2D eigenvalue weighted by Crippen LogP contribution is 2.13. The van der Waals surface area contributed by atoms with Crippen molar-refractivity contribution in [2.45, 2.75) is 33.3 Å². The van der Waals surface area contributed by atoms with Gasteiger partial charge in [-0.1, -0.05) is 19.1 Å². The fourth-order valence-corrected chi connectivity index (χ4v) is 1.98. The Morgan fingerprint density at radius 2 is 1.95 bits per heavy atom. The van der Waals surface area contributed by atoms with Gasteiger partial charge in [0.05, 0.1) is 6.10 Å². The number of rotatable bonds is 6. The first-order chi connectivity index (χ1) is 9.38. The van der Waals surface area contributed by atoms with Gasteiger partial charge in [-0.2, -0.15) is 0 Å². The molecule has 2 unspecified atom stereocenters. The molecule has 0 aliphatic rings. The molecule has 0 aliphatic carbocycles. The van der Waals surface area contributed by atoms with Crippen LogP contribution >= 0.6 is 0 Å². The van der Waals surface area contributed by atoms with Crippen molar-refractivity contribution in [1.29, 1.82) is 0 Å². The number of carbonyl (C=O) groups excluding carboxylic acids is 1. The van der Waals surface area contributed by atoms with Crippen LogP contribution in [0.1, 0.15) is 32.8 Å². The third-order valence-electron chi connectivity index (χ3n) is 3.02. The Hall–Kier alpha value is -1.68. The maximum absolute atomic E-state index is 12.8. The maximum atomic E-state index is 12.8. The molecule has 0 aromatic heterocycles. The Morgan fingerprint density at radius 3 is 2.50 bits per heavy atom. The Morgan fingerprint density at radius 1 is 1.35 bits per heavy atom. The number of hydrogen-bond acceptors (Lipinski definition) is 2. The minimum absolute atomic E-state index is 0.177. The predicted molar refractivity (Wildman–Crippen MR) is 78.5 cm³/mol. The summed E-state index contributed by atoms with van der Waals surface area (Å²) in [5.74, 6) is -0.249. The van der Waals surface area contributed by atoms with E-state index in [2.05, 4.69) is 5.32 Å². The van der Waals surface area contributed by atoms with E-state index in [1.165, 1.54) is 18.2 Å². The van der Waals surface area contributed by atoms with Crippen molar-refractivity contribution >= 4 is 11.5 Å². The molecule has 0 aliphatic heterocycles. The van der Waals surface area contributed by atoms with Crippen LogP contribution in [0.15, 0.2) is 30.3 Å². The van der Waals surface area contributed by atoms with Gasteiger partial charge in [-0.05, 0) is 49.5 Å². The highest BCUT2D eigenvalue weighted by atomic mass is 19.1. The maximum Gasteiger partial charge on any atom is 0.244 e. The largest absolute Gasteiger partial charge is 0.393 e. The second-order valence-electron chi connectivity index (χ2n) is 5.27. The highest BCUT2D eigenvalue weighted by molar-refractivity contribution is 5.94. The van der Waals surface area contributed by atoms with Gasteiger partial charge in [0.2, 0.25) is 5.91 Å². The molecule has 0 radical (unpaired) electrons. The Bertz CT molecular complexity index is 466. The second-order valence-corrected chi connectivity index (χ2v) is 5.27. The van der Waals surface area contributed by atoms with E-state index in [1.54, 1.807) is 19.1 Å². The van der Waals surface area contributed by atoms with Gasteiger partial charge in [0.25, 0.3) is 0 Å². The fourth-order valence-electron chi connectivity index (χ4n) is 1.98. The number of aliphatic hydroxyl groups is 1. The molecular formula is C16H22FNO2. The Labute approximate surface area is 119 Å². The number of aliphatic hydroxyl groups excluding tert-OH is 1. The zero-order valence-corrected chi connectivity index (χ0v) is 12.2. The molecule has 0 heterocycles. The Balaban J connectivity index is 2.51. The van der Waals surface area contributed by atoms with E-state index in [-0.39, 0.29) is 23.7 Å². The van der Waals surface area contributed by atoms with Gasteiger partial charge >= 0.3 is 0 Å². The first kappa shape index (κ1) is 16.4. The van der Waals surface area contributed by atoms with Gasteiger partial charge in [-0.3, -0.25) is 4.79 Å². The molecule has 110 valence electrons. The Kier molecular flexibility index (Phi) is 6.39. The molecule has 0 saturated heterocycles. The number of hydrogen-bond donors (Lipinski definition) is 2. The highest BCUT2D eigenvalue weighted by Gasteiger charge is 2.07. The van der Waals surface area contributed by atoms with Gasteiger partial charge in [0.15, 0.2) is 0 Å². The summed E-state index contributed by atoms with van der Waals surface area (Å²) in [6.07, 6.45) is 1.79. The van der Waals surface area contributed by atoms with Crippen LogP contribution in [-0.2, 0) is 4.79 Å². The van der Waals surface area contributed by atoms with Crippen LogP contribution in [-0.4, -0.2) is 23.7 Å². The fraction of sp³-hybridized carbons (Fsp3) is 0.438. The van der Waals surface area contributed by atoms with Gasteiger partial charge < -0.3 is 10.4 Å². The topological polar surface area (TPSA) is 49.3 Å². The van der Waals surface area contributed by atoms with E-state index < -0.39 is 0 Å². The first-order valence-electron chi connectivity index (χ1n) is 6.78. The molecule has 0 spiro atoms. The van der Waals surface area contributed by atoms with E-state index in [1.807, 2.05) is 13.8 Å². The summed E-state index contributed by atoms with van der Waals surface area (Å²) in [6, 6.07) is 6.03. The normalized spacial score (nSPS) is 14.8. The quantitative estimate of drug-likeness (QED) is 0.787. The van der Waals surface area contributed by atoms with Crippen LogP contribution in [0.5, 0.6) is 0 Å². The summed E-state index contributed by atoms with van der Waals surface area (Å²) >= 11 is 0. The predicted octanol–water partition coefficient (Wildman–Crippen LogP) is 2.75. The lowest BCUT2D eigenvalue weighted by atomic mass is 10.0. The summed E-state index contributed by atoms with van der Waals surface area (Å²) < 4.78 is 12.8. The van der Waals surface area contributed by atoms with Gasteiger partial charge in [-0.15, -0.1) is 0 Å². The molecular weight excluding hydrogens is 257 g/mol. The molecule has 4 heteroatoms. The molecule has 20 heavy (non-hydrogen) atoms. The summed E-state index contributed by atoms with van der Waals surface area (Å²) in [5, 5.41) is 12.0. The monoisotopic (exact) mass is 279 g/mol. The lowest BCUT2D eigenvalue weighted by Gasteiger charge is -2.13. The zero-order chi connectivity index (χ0) is 15.1. The zero-order valence-electron chi connectivity index (χ0n) is 12.2. The molecule has 0 saturated carbocycles. The van der Waals surface area contributed by atoms with Crippen LogP contribution in [0.2, 0.25) is 0 Å². The lowest BCUT2D eigenvalue weighted by Crippen LogP contribution is -2.28. The first-order valence-corrected chi connectivity index (χ1v) is 6.78. The van der Waals surface area contributed by atoms with E-state index in [9.17, 15) is 14.3 Å². The molecule has 2 N–H and O–H groups in total. The van der Waals surface area contributed by atoms with E-state index in [0.717, 1.165) is 11.1 Å². The molecule has 1 aromatic carbocycles. The number of carbonyl (C=O) groups is 1. The smallest absolute Gasteiger partial charge is 0.244 e. The number of halogens is 1. The lowest BCUT2D eigenvalue weighted by molar-refractivity contribution is -0.116. The van der Waals surface area contributed by atoms with Gasteiger partial charge in [-0.25, -0.2) is 4.39 Å². The average Bonchev–Trinajstić information content (AvgIpc) is 2.36. The number of allylic oxidation sites excluding steroid dienone is 1. The third-order valence-corrected chi connectivity index (χ3v) is 3.02. The average molecular weight is 279 g/mol. The molecule has 1 rings (SSSR count). The molecule has 1 aromatic rings. The van der Waals surface area contributed by atoms with Gasteiger partial charge in [0, 0.05) is 12.6 Å². The summed E-state index contributed by atoms with van der Waals surface area (Å²) in [4.78, 5) is 11.8. The van der Waals surface area contributed by atoms with E-state index >= 15 is 0 Å². The standard InChI is InChI=1S/C16H22FNO2/c1-11(8-13(3)19)10-18-16(20)9-12(2)14-4-6-15(17)7-5-14/h4-7,9,11,13,19H,8,10H2,1-3H3,(H,18,20). The molecule has 0 bridgehead atoms. The third kappa shape index (κ3) is 5.97. The van der Waals surface area contributed by atoms with Crippen LogP contribution in [0.4, 0.5) is 4.39 Å². The van der Waals surface area contributed by atoms with Crippen LogP contribution in [0.3, 0.4) is 0 Å². The van der Waals surface area contributed by atoms with Gasteiger partial charge in [0.1, 0.15) is 5.82 Å². The van der Waals surface area contributed by atoms with Crippen LogP contribution in [0, 0.1) is 11.7 Å². The number of nitrogens with one attached hydrogen (secondary N) is 1. The van der Waals surface area contributed by atoms with Crippen LogP contribution < -0.4 is 5.32 Å². The van der Waals surface area contributed by atoms with E-state index in [4.69, 9.17) is 0 Å². The molecule has 0 fully saturated rings. The van der Waals surface area contributed by atoms with Crippen molar-refractivity contribution in [2.24, 2.45) is 5.92 Å². The number of benzene rings is 1. The van der Waals surface area contributed by atoms with Crippen molar-refractivity contribution in [2.75, 3.05) is 6.54 Å². The van der Waals surface area contributed by atoms with Crippen LogP contribution in [0.25, 0.3) is 5.57 Å². The van der Waals surface area contributed by atoms with Crippen molar-refractivity contribution in [1.82, 2.24) is 5.32 Å². The molecule has 3 nitrogen and oxygen atoms in total. The van der Waals surface area contributed by atoms with E-state index in [0.29, 0.717) is 13.0 Å². The summed E-state index contributed by atoms with van der Waals surface area (Å²) in [5.41, 5.74) is 1.60. The summed E-state index contributed by atoms with van der Waals surface area (Å²) in [6.45, 7) is 6.05. The van der Waals surface area contributed by atoms with Crippen molar-refractivity contribution < 1.29 is 14.3 Å². The number of amides is 1. The summed E-state index contributed by atoms with van der Waals surface area (Å²) in [7, 11) is 0. The minimum Gasteiger partial charge on any atom is -0.393 e. The van der Waals surface area contributed by atoms with Crippen molar-refractivity contribution in [3.05, 3.63) is 41.7 Å². The molecule has 2 atom stereocenters. The second kappa shape index (κ2) is 7.80. The van der Waals surface area contributed by atoms with Crippen molar-refractivity contribution in [3.8, 4) is 0 Å². The molecule has 1 amide bonds. The SMILES string of the molecule is CC(=CC(=O)NCC(C)CC(C)O)c1ccc(F)cc1.